The molecule has 1 rings (SSSR count). The van der Waals surface area contributed by atoms with Crippen LogP contribution in [-0.4, -0.2) is 60.6 Å². The van der Waals surface area contributed by atoms with Gasteiger partial charge in [0.1, 0.15) is 11.4 Å². The van der Waals surface area contributed by atoms with Crippen molar-refractivity contribution in [3.63, 3.8) is 0 Å². The Balaban J connectivity index is 2.56. The molecule has 0 aliphatic carbocycles. The van der Waals surface area contributed by atoms with E-state index in [0.717, 1.165) is 39.4 Å². The van der Waals surface area contributed by atoms with Gasteiger partial charge in [0.25, 0.3) is 0 Å². The van der Waals surface area contributed by atoms with E-state index in [2.05, 4.69) is 86.0 Å². The summed E-state index contributed by atoms with van der Waals surface area (Å²) in [7, 11) is 0. The highest BCUT2D eigenvalue weighted by atomic mass is 16.5. The van der Waals surface area contributed by atoms with Crippen LogP contribution in [-0.2, 0) is 9.47 Å². The average molecular weight is 371 g/mol. The summed E-state index contributed by atoms with van der Waals surface area (Å²) in [4.78, 5) is 4.93. The molecule has 1 fully saturated rings. The first-order valence-corrected chi connectivity index (χ1v) is 10.3. The number of hydrogen-bond donors (Lipinski definition) is 0. The number of nitrogens with zero attached hydrogens (tertiary/aromatic N) is 2. The van der Waals surface area contributed by atoms with Crippen molar-refractivity contribution in [1.29, 1.82) is 0 Å². The van der Waals surface area contributed by atoms with Crippen molar-refractivity contribution < 1.29 is 9.47 Å². The van der Waals surface area contributed by atoms with Crippen LogP contribution in [0.1, 0.15) is 76.2 Å². The minimum atomic E-state index is -0.228. The second-order valence-corrected chi connectivity index (χ2v) is 11.1. The van der Waals surface area contributed by atoms with E-state index in [9.17, 15) is 0 Å². The Kier molecular flexibility index (Phi) is 7.77. The van der Waals surface area contributed by atoms with Crippen molar-refractivity contribution in [2.45, 2.75) is 87.6 Å². The molecule has 0 aromatic rings. The van der Waals surface area contributed by atoms with Crippen LogP contribution in [0.4, 0.5) is 0 Å². The molecule has 0 bridgehead atoms. The molecule has 1 saturated heterocycles. The minimum absolute atomic E-state index is 0.193. The third-order valence-electron chi connectivity index (χ3n) is 6.02. The van der Waals surface area contributed by atoms with E-state index < -0.39 is 0 Å². The van der Waals surface area contributed by atoms with E-state index in [1.807, 2.05) is 0 Å². The van der Waals surface area contributed by atoms with E-state index in [1.165, 1.54) is 0 Å². The van der Waals surface area contributed by atoms with Crippen LogP contribution in [0.25, 0.3) is 0 Å². The lowest BCUT2D eigenvalue weighted by Crippen LogP contribution is -2.60. The predicted molar refractivity (Wildman–Crippen MR) is 111 cm³/mol. The zero-order valence-corrected chi connectivity index (χ0v) is 19.5. The van der Waals surface area contributed by atoms with Crippen molar-refractivity contribution in [3.05, 3.63) is 0 Å². The van der Waals surface area contributed by atoms with Gasteiger partial charge in [-0.05, 0) is 44.4 Å². The molecule has 0 spiro atoms. The van der Waals surface area contributed by atoms with Gasteiger partial charge in [-0.2, -0.15) is 0 Å². The summed E-state index contributed by atoms with van der Waals surface area (Å²) in [5, 5.41) is 0. The van der Waals surface area contributed by atoms with Gasteiger partial charge in [0.2, 0.25) is 0 Å². The molecule has 0 N–H and O–H groups in total. The largest absolute Gasteiger partial charge is 0.360 e. The molecule has 26 heavy (non-hydrogen) atoms. The smallest absolute Gasteiger partial charge is 0.116 e. The van der Waals surface area contributed by atoms with Gasteiger partial charge in [-0.25, -0.2) is 0 Å². The maximum absolute atomic E-state index is 6.38. The monoisotopic (exact) mass is 370 g/mol. The number of ether oxygens (including phenoxy) is 2. The topological polar surface area (TPSA) is 24.9 Å². The van der Waals surface area contributed by atoms with Crippen LogP contribution >= 0.6 is 0 Å². The van der Waals surface area contributed by atoms with Crippen molar-refractivity contribution in [3.8, 4) is 0 Å². The quantitative estimate of drug-likeness (QED) is 0.610. The van der Waals surface area contributed by atoms with Crippen LogP contribution in [0.3, 0.4) is 0 Å². The van der Waals surface area contributed by atoms with Gasteiger partial charge in [0, 0.05) is 26.2 Å². The van der Waals surface area contributed by atoms with Gasteiger partial charge in [-0.1, -0.05) is 48.5 Å². The fraction of sp³-hybridized carbons (Fsp3) is 1.00. The second-order valence-electron chi connectivity index (χ2n) is 11.1. The summed E-state index contributed by atoms with van der Waals surface area (Å²) in [5.41, 5.74) is -0.0569. The predicted octanol–water partition coefficient (Wildman–Crippen LogP) is 4.84. The zero-order chi connectivity index (χ0) is 20.4. The molecule has 0 aromatic heterocycles. The highest BCUT2D eigenvalue weighted by Gasteiger charge is 2.37. The van der Waals surface area contributed by atoms with Crippen LogP contribution in [0.15, 0.2) is 0 Å². The Labute approximate surface area is 163 Å². The fourth-order valence-electron chi connectivity index (χ4n) is 2.89. The van der Waals surface area contributed by atoms with Gasteiger partial charge in [0.15, 0.2) is 0 Å². The molecule has 4 nitrogen and oxygen atoms in total. The first kappa shape index (κ1) is 23.9. The Hall–Kier alpha value is -0.160. The van der Waals surface area contributed by atoms with Crippen LogP contribution in [0, 0.1) is 16.7 Å². The van der Waals surface area contributed by atoms with Crippen LogP contribution < -0.4 is 0 Å². The molecule has 0 radical (unpaired) electrons. The molecule has 1 aliphatic rings. The standard InChI is InChI=1S/C22H46N2O2/c1-18(2)20(6,7)17-26-22(10,11)24-14-12-23(13-15-24)21(8,9)25-16-19(3,4)5/h18H,12-17H2,1-11H3. The molecule has 0 atom stereocenters. The summed E-state index contributed by atoms with van der Waals surface area (Å²) in [6, 6.07) is 0. The average Bonchev–Trinajstić information content (AvgIpc) is 2.51. The highest BCUT2D eigenvalue weighted by molar-refractivity contribution is 4.85. The summed E-state index contributed by atoms with van der Waals surface area (Å²) < 4.78 is 12.6. The molecule has 156 valence electrons. The van der Waals surface area contributed by atoms with Gasteiger partial charge in [-0.3, -0.25) is 9.80 Å². The van der Waals surface area contributed by atoms with Crippen LogP contribution in [0.5, 0.6) is 0 Å². The molecular weight excluding hydrogens is 324 g/mol. The van der Waals surface area contributed by atoms with Crippen molar-refractivity contribution >= 4 is 0 Å². The van der Waals surface area contributed by atoms with E-state index in [1.54, 1.807) is 0 Å². The van der Waals surface area contributed by atoms with E-state index in [0.29, 0.717) is 5.92 Å². The molecule has 1 heterocycles. The van der Waals surface area contributed by atoms with Gasteiger partial charge in [-0.15, -0.1) is 0 Å². The summed E-state index contributed by atoms with van der Waals surface area (Å²) in [6.45, 7) is 30.2. The normalized spacial score (nSPS) is 19.4. The number of rotatable bonds is 8. The molecule has 0 unspecified atom stereocenters. The lowest BCUT2D eigenvalue weighted by Gasteiger charge is -2.49. The third-order valence-corrected chi connectivity index (χ3v) is 6.02. The number of piperazine rings is 1. The maximum Gasteiger partial charge on any atom is 0.116 e. The van der Waals surface area contributed by atoms with Crippen molar-refractivity contribution in [1.82, 2.24) is 9.80 Å². The molecule has 0 amide bonds. The molecule has 0 aromatic carbocycles. The Morgan fingerprint density at radius 2 is 1.00 bits per heavy atom. The first-order chi connectivity index (χ1) is 11.6. The van der Waals surface area contributed by atoms with Crippen molar-refractivity contribution in [2.75, 3.05) is 39.4 Å². The molecule has 0 saturated carbocycles. The first-order valence-electron chi connectivity index (χ1n) is 10.3. The fourth-order valence-corrected chi connectivity index (χ4v) is 2.89. The summed E-state index contributed by atoms with van der Waals surface area (Å²) in [6.07, 6.45) is 0. The number of hydrogen-bond acceptors (Lipinski definition) is 4. The van der Waals surface area contributed by atoms with E-state index in [4.69, 9.17) is 9.47 Å². The SMILES string of the molecule is CC(C)C(C)(C)COC(C)(C)N1CCN(C(C)(C)OCC(C)(C)C)CC1. The van der Waals surface area contributed by atoms with E-state index in [-0.39, 0.29) is 22.3 Å². The van der Waals surface area contributed by atoms with Gasteiger partial charge in [0.05, 0.1) is 13.2 Å². The lowest BCUT2D eigenvalue weighted by atomic mass is 9.82. The molecule has 4 heteroatoms. The van der Waals surface area contributed by atoms with Crippen molar-refractivity contribution in [2.24, 2.45) is 16.7 Å². The lowest BCUT2D eigenvalue weighted by molar-refractivity contribution is -0.195. The Bertz CT molecular complexity index is 428. The minimum Gasteiger partial charge on any atom is -0.360 e. The molecule has 1 aliphatic heterocycles. The zero-order valence-electron chi connectivity index (χ0n) is 19.5. The Morgan fingerprint density at radius 1 is 0.654 bits per heavy atom. The second kappa shape index (κ2) is 8.46. The van der Waals surface area contributed by atoms with Gasteiger partial charge < -0.3 is 9.47 Å². The van der Waals surface area contributed by atoms with Crippen LogP contribution in [0.2, 0.25) is 0 Å². The third kappa shape index (κ3) is 7.10. The highest BCUT2D eigenvalue weighted by Crippen LogP contribution is 2.30. The summed E-state index contributed by atoms with van der Waals surface area (Å²) >= 11 is 0. The van der Waals surface area contributed by atoms with Gasteiger partial charge >= 0.3 is 0 Å². The molecular formula is C22H46N2O2. The summed E-state index contributed by atoms with van der Waals surface area (Å²) in [5.74, 6) is 0.607. The maximum atomic E-state index is 6.38. The van der Waals surface area contributed by atoms with E-state index >= 15 is 0 Å². The Morgan fingerprint density at radius 3 is 1.31 bits per heavy atom.